The van der Waals surface area contributed by atoms with Gasteiger partial charge in [-0.2, -0.15) is 0 Å². The molecule has 1 aromatic carbocycles. The molecule has 0 saturated carbocycles. The Kier molecular flexibility index (Phi) is 9.22. The van der Waals surface area contributed by atoms with Crippen molar-refractivity contribution in [1.82, 2.24) is 5.32 Å². The minimum absolute atomic E-state index is 0.114. The molecule has 5 nitrogen and oxygen atoms in total. The average molecular weight is 421 g/mol. The normalized spacial score (nSPS) is 10.4. The zero-order valence-electron chi connectivity index (χ0n) is 13.4. The first kappa shape index (κ1) is 19.0. The molecule has 0 radical (unpaired) electrons. The molecule has 0 saturated heterocycles. The number of hydrogen-bond donors (Lipinski definition) is 1. The van der Waals surface area contributed by atoms with Crippen LogP contribution in [0, 0.1) is 3.57 Å². The molecule has 6 heteroatoms. The molecule has 22 heavy (non-hydrogen) atoms. The highest BCUT2D eigenvalue weighted by molar-refractivity contribution is 14.1. The van der Waals surface area contributed by atoms with Gasteiger partial charge in [0.25, 0.3) is 5.91 Å². The van der Waals surface area contributed by atoms with Gasteiger partial charge in [-0.3, -0.25) is 4.79 Å². The summed E-state index contributed by atoms with van der Waals surface area (Å²) in [5, 5.41) is 2.87. The number of rotatable bonds is 10. The van der Waals surface area contributed by atoms with Gasteiger partial charge in [-0.25, -0.2) is 0 Å². The molecular formula is C16H24INO4. The number of benzene rings is 1. The predicted molar refractivity (Wildman–Crippen MR) is 94.9 cm³/mol. The highest BCUT2D eigenvalue weighted by Crippen LogP contribution is 2.34. The number of ether oxygens (including phenoxy) is 3. The molecule has 0 spiro atoms. The molecule has 0 unspecified atom stereocenters. The van der Waals surface area contributed by atoms with Crippen LogP contribution in [-0.4, -0.2) is 39.4 Å². The van der Waals surface area contributed by atoms with E-state index >= 15 is 0 Å². The Morgan fingerprint density at radius 3 is 2.64 bits per heavy atom. The maximum atomic E-state index is 12.2. The molecule has 0 aliphatic carbocycles. The molecule has 0 atom stereocenters. The predicted octanol–water partition coefficient (Wildman–Crippen LogP) is 3.25. The number of hydrogen-bond acceptors (Lipinski definition) is 4. The average Bonchev–Trinajstić information content (AvgIpc) is 2.50. The third-order valence-corrected chi connectivity index (χ3v) is 3.63. The number of amides is 1. The maximum Gasteiger partial charge on any atom is 0.251 e. The Labute approximate surface area is 145 Å². The molecule has 1 N–H and O–H groups in total. The number of halogens is 1. The molecule has 1 amide bonds. The standard InChI is InChI=1S/C16H24INO4/c1-4-8-22-15-13(17)10-12(11-14(15)21-5-2)16(19)18-7-6-9-20-3/h10-11H,4-9H2,1-3H3,(H,18,19). The molecule has 124 valence electrons. The lowest BCUT2D eigenvalue weighted by molar-refractivity contribution is 0.0948. The van der Waals surface area contributed by atoms with Gasteiger partial charge in [0.05, 0.1) is 16.8 Å². The first-order valence-corrected chi connectivity index (χ1v) is 8.58. The van der Waals surface area contributed by atoms with E-state index in [9.17, 15) is 4.79 Å². The molecular weight excluding hydrogens is 397 g/mol. The van der Waals surface area contributed by atoms with Crippen molar-refractivity contribution in [3.63, 3.8) is 0 Å². The smallest absolute Gasteiger partial charge is 0.251 e. The summed E-state index contributed by atoms with van der Waals surface area (Å²) in [6.07, 6.45) is 1.71. The SMILES string of the molecule is CCCOc1c(I)cc(C(=O)NCCCOC)cc1OCC. The van der Waals surface area contributed by atoms with Crippen LogP contribution in [0.3, 0.4) is 0 Å². The first-order chi connectivity index (χ1) is 10.6. The summed E-state index contributed by atoms with van der Waals surface area (Å²) in [5.74, 6) is 1.21. The van der Waals surface area contributed by atoms with E-state index in [0.29, 0.717) is 43.4 Å². The lowest BCUT2D eigenvalue weighted by atomic mass is 10.2. The van der Waals surface area contributed by atoms with Crippen LogP contribution in [0.2, 0.25) is 0 Å². The van der Waals surface area contributed by atoms with Gasteiger partial charge in [0.2, 0.25) is 0 Å². The summed E-state index contributed by atoms with van der Waals surface area (Å²) >= 11 is 2.17. The van der Waals surface area contributed by atoms with Crippen molar-refractivity contribution in [3.05, 3.63) is 21.3 Å². The van der Waals surface area contributed by atoms with E-state index in [1.165, 1.54) is 0 Å². The van der Waals surface area contributed by atoms with Crippen LogP contribution >= 0.6 is 22.6 Å². The molecule has 1 rings (SSSR count). The van der Waals surface area contributed by atoms with Crippen molar-refractivity contribution < 1.29 is 19.0 Å². The lowest BCUT2D eigenvalue weighted by Crippen LogP contribution is -2.25. The van der Waals surface area contributed by atoms with Gasteiger partial charge < -0.3 is 19.5 Å². The molecule has 0 bridgehead atoms. The lowest BCUT2D eigenvalue weighted by Gasteiger charge is -2.15. The summed E-state index contributed by atoms with van der Waals surface area (Å²) in [7, 11) is 1.65. The fourth-order valence-electron chi connectivity index (χ4n) is 1.83. The van der Waals surface area contributed by atoms with Gasteiger partial charge in [0.1, 0.15) is 0 Å². The summed E-state index contributed by atoms with van der Waals surface area (Å²) in [6, 6.07) is 3.56. The molecule has 0 heterocycles. The van der Waals surface area contributed by atoms with Crippen LogP contribution in [0.15, 0.2) is 12.1 Å². The zero-order valence-corrected chi connectivity index (χ0v) is 15.6. The van der Waals surface area contributed by atoms with Crippen LogP contribution in [-0.2, 0) is 4.74 Å². The van der Waals surface area contributed by atoms with Crippen LogP contribution in [0.25, 0.3) is 0 Å². The minimum Gasteiger partial charge on any atom is -0.490 e. The topological polar surface area (TPSA) is 56.8 Å². The number of methoxy groups -OCH3 is 1. The van der Waals surface area contributed by atoms with Crippen molar-refractivity contribution in [2.75, 3.05) is 33.5 Å². The van der Waals surface area contributed by atoms with Crippen molar-refractivity contribution in [1.29, 1.82) is 0 Å². The van der Waals surface area contributed by atoms with E-state index < -0.39 is 0 Å². The molecule has 0 aliphatic heterocycles. The zero-order chi connectivity index (χ0) is 16.4. The fourth-order valence-corrected chi connectivity index (χ4v) is 2.58. The van der Waals surface area contributed by atoms with E-state index in [1.807, 2.05) is 13.0 Å². The second-order valence-corrected chi connectivity index (χ2v) is 5.83. The van der Waals surface area contributed by atoms with Gasteiger partial charge in [-0.05, 0) is 54.5 Å². The van der Waals surface area contributed by atoms with Crippen LogP contribution in [0.5, 0.6) is 11.5 Å². The second-order valence-electron chi connectivity index (χ2n) is 4.67. The number of carbonyl (C=O) groups is 1. The molecule has 0 fully saturated rings. The third kappa shape index (κ3) is 6.00. The van der Waals surface area contributed by atoms with E-state index in [1.54, 1.807) is 13.2 Å². The van der Waals surface area contributed by atoms with E-state index in [-0.39, 0.29) is 5.91 Å². The number of carbonyl (C=O) groups excluding carboxylic acids is 1. The molecule has 0 aliphatic rings. The highest BCUT2D eigenvalue weighted by atomic mass is 127. The molecule has 0 aromatic heterocycles. The summed E-state index contributed by atoms with van der Waals surface area (Å²) in [4.78, 5) is 12.2. The Morgan fingerprint density at radius 1 is 1.23 bits per heavy atom. The summed E-state index contributed by atoms with van der Waals surface area (Å²) < 4.78 is 17.2. The van der Waals surface area contributed by atoms with E-state index in [4.69, 9.17) is 14.2 Å². The van der Waals surface area contributed by atoms with Gasteiger partial charge in [0.15, 0.2) is 11.5 Å². The third-order valence-electron chi connectivity index (χ3n) is 2.83. The van der Waals surface area contributed by atoms with Crippen LogP contribution < -0.4 is 14.8 Å². The Hall–Kier alpha value is -1.02. The van der Waals surface area contributed by atoms with Gasteiger partial charge >= 0.3 is 0 Å². The highest BCUT2D eigenvalue weighted by Gasteiger charge is 2.15. The maximum absolute atomic E-state index is 12.2. The van der Waals surface area contributed by atoms with Gasteiger partial charge in [-0.1, -0.05) is 6.92 Å². The first-order valence-electron chi connectivity index (χ1n) is 7.50. The van der Waals surface area contributed by atoms with Crippen LogP contribution in [0.4, 0.5) is 0 Å². The largest absolute Gasteiger partial charge is 0.490 e. The van der Waals surface area contributed by atoms with Crippen LogP contribution in [0.1, 0.15) is 37.0 Å². The number of nitrogens with one attached hydrogen (secondary N) is 1. The monoisotopic (exact) mass is 421 g/mol. The van der Waals surface area contributed by atoms with Gasteiger partial charge in [-0.15, -0.1) is 0 Å². The van der Waals surface area contributed by atoms with Crippen molar-refractivity contribution >= 4 is 28.5 Å². The van der Waals surface area contributed by atoms with Crippen molar-refractivity contribution in [2.24, 2.45) is 0 Å². The van der Waals surface area contributed by atoms with Gasteiger partial charge in [0, 0.05) is 25.8 Å². The fraction of sp³-hybridized carbons (Fsp3) is 0.562. The quantitative estimate of drug-likeness (QED) is 0.466. The Bertz CT molecular complexity index is 479. The second kappa shape index (κ2) is 10.7. The summed E-state index contributed by atoms with van der Waals surface area (Å²) in [5.41, 5.74) is 0.578. The Morgan fingerprint density at radius 2 is 2.00 bits per heavy atom. The van der Waals surface area contributed by atoms with E-state index in [2.05, 4.69) is 34.8 Å². The Balaban J connectivity index is 2.85. The van der Waals surface area contributed by atoms with Crippen molar-refractivity contribution in [2.45, 2.75) is 26.7 Å². The minimum atomic E-state index is -0.114. The summed E-state index contributed by atoms with van der Waals surface area (Å²) in [6.45, 7) is 6.33. The van der Waals surface area contributed by atoms with Crippen molar-refractivity contribution in [3.8, 4) is 11.5 Å². The van der Waals surface area contributed by atoms with E-state index in [0.717, 1.165) is 16.4 Å². The molecule has 1 aromatic rings.